The molecule has 3 N–H and O–H groups in total. The van der Waals surface area contributed by atoms with Crippen LogP contribution in [-0.4, -0.2) is 67.1 Å². The SMILES string of the molecule is NCC[C@H](CNC1CCN(C(=O)OCc2ccccc2)CC1)C(=O)N1CCCCC1. The zero-order valence-electron chi connectivity index (χ0n) is 17.9. The van der Waals surface area contributed by atoms with Gasteiger partial charge in [0, 0.05) is 38.8 Å². The predicted molar refractivity (Wildman–Crippen MR) is 117 cm³/mol. The largest absolute Gasteiger partial charge is 0.445 e. The number of carbonyl (C=O) groups is 2. The number of nitrogens with two attached hydrogens (primary N) is 1. The first-order valence-electron chi connectivity index (χ1n) is 11.3. The van der Waals surface area contributed by atoms with Crippen LogP contribution in [0.25, 0.3) is 0 Å². The van der Waals surface area contributed by atoms with Crippen molar-refractivity contribution < 1.29 is 14.3 Å². The van der Waals surface area contributed by atoms with Crippen LogP contribution >= 0.6 is 0 Å². The smallest absolute Gasteiger partial charge is 0.410 e. The van der Waals surface area contributed by atoms with Crippen molar-refractivity contribution in [3.63, 3.8) is 0 Å². The highest BCUT2D eigenvalue weighted by atomic mass is 16.6. The molecule has 166 valence electrons. The zero-order chi connectivity index (χ0) is 21.2. The molecule has 0 unspecified atom stereocenters. The van der Waals surface area contributed by atoms with Crippen LogP contribution in [-0.2, 0) is 16.1 Å². The highest BCUT2D eigenvalue weighted by Gasteiger charge is 2.28. The summed E-state index contributed by atoms with van der Waals surface area (Å²) in [6, 6.07) is 10.0. The van der Waals surface area contributed by atoms with Crippen molar-refractivity contribution in [3.05, 3.63) is 35.9 Å². The molecule has 1 aromatic carbocycles. The summed E-state index contributed by atoms with van der Waals surface area (Å²) in [6.07, 6.45) is 5.63. The van der Waals surface area contributed by atoms with Crippen molar-refractivity contribution in [1.82, 2.24) is 15.1 Å². The van der Waals surface area contributed by atoms with Crippen LogP contribution in [0.1, 0.15) is 44.1 Å². The first-order chi connectivity index (χ1) is 14.7. The Morgan fingerprint density at radius 1 is 1.03 bits per heavy atom. The van der Waals surface area contributed by atoms with E-state index in [1.807, 2.05) is 35.2 Å². The minimum atomic E-state index is -0.251. The van der Waals surface area contributed by atoms with Crippen LogP contribution in [0.4, 0.5) is 4.79 Å². The van der Waals surface area contributed by atoms with Crippen molar-refractivity contribution in [2.24, 2.45) is 11.7 Å². The predicted octanol–water partition coefficient (Wildman–Crippen LogP) is 2.35. The fraction of sp³-hybridized carbons (Fsp3) is 0.652. The molecule has 2 amide bonds. The molecular weight excluding hydrogens is 380 g/mol. The Labute approximate surface area is 179 Å². The van der Waals surface area contributed by atoms with E-state index in [1.54, 1.807) is 4.90 Å². The molecule has 2 heterocycles. The number of piperidine rings is 2. The molecule has 2 aliphatic rings. The molecule has 0 spiro atoms. The van der Waals surface area contributed by atoms with E-state index in [-0.39, 0.29) is 17.9 Å². The Balaban J connectivity index is 1.38. The summed E-state index contributed by atoms with van der Waals surface area (Å²) < 4.78 is 5.43. The van der Waals surface area contributed by atoms with E-state index in [9.17, 15) is 9.59 Å². The quantitative estimate of drug-likeness (QED) is 0.679. The van der Waals surface area contributed by atoms with Crippen molar-refractivity contribution in [3.8, 4) is 0 Å². The summed E-state index contributed by atoms with van der Waals surface area (Å²) >= 11 is 0. The van der Waals surface area contributed by atoms with Gasteiger partial charge < -0.3 is 25.6 Å². The van der Waals surface area contributed by atoms with Crippen LogP contribution in [0.2, 0.25) is 0 Å². The first kappa shape index (κ1) is 22.6. The Morgan fingerprint density at radius 2 is 1.73 bits per heavy atom. The van der Waals surface area contributed by atoms with Gasteiger partial charge in [0.2, 0.25) is 5.91 Å². The lowest BCUT2D eigenvalue weighted by molar-refractivity contribution is -0.136. The molecule has 3 rings (SSSR count). The van der Waals surface area contributed by atoms with E-state index in [0.29, 0.717) is 45.2 Å². The van der Waals surface area contributed by atoms with Crippen molar-refractivity contribution in [1.29, 1.82) is 0 Å². The molecule has 2 saturated heterocycles. The van der Waals surface area contributed by atoms with E-state index in [1.165, 1.54) is 6.42 Å². The lowest BCUT2D eigenvalue weighted by Crippen LogP contribution is -2.48. The Kier molecular flexibility index (Phi) is 8.96. The van der Waals surface area contributed by atoms with Gasteiger partial charge >= 0.3 is 6.09 Å². The lowest BCUT2D eigenvalue weighted by Gasteiger charge is -2.34. The van der Waals surface area contributed by atoms with Crippen molar-refractivity contribution in [2.45, 2.75) is 51.2 Å². The maximum atomic E-state index is 12.9. The van der Waals surface area contributed by atoms with Crippen LogP contribution in [0.3, 0.4) is 0 Å². The Bertz CT molecular complexity index is 656. The van der Waals surface area contributed by atoms with E-state index < -0.39 is 0 Å². The molecule has 7 heteroatoms. The Hall–Kier alpha value is -2.12. The topological polar surface area (TPSA) is 87.9 Å². The molecule has 1 aromatic rings. The summed E-state index contributed by atoms with van der Waals surface area (Å²) in [6.45, 7) is 4.59. The number of nitrogens with zero attached hydrogens (tertiary/aromatic N) is 2. The molecule has 0 radical (unpaired) electrons. The van der Waals surface area contributed by atoms with Crippen LogP contribution in [0.15, 0.2) is 30.3 Å². The van der Waals surface area contributed by atoms with Gasteiger partial charge in [-0.25, -0.2) is 4.79 Å². The number of likely N-dealkylation sites (tertiary alicyclic amines) is 2. The number of hydrogen-bond donors (Lipinski definition) is 2. The number of benzene rings is 1. The molecule has 2 fully saturated rings. The molecular formula is C23H36N4O3. The van der Waals surface area contributed by atoms with Gasteiger partial charge in [0.1, 0.15) is 6.61 Å². The minimum Gasteiger partial charge on any atom is -0.445 e. The number of ether oxygens (including phenoxy) is 1. The van der Waals surface area contributed by atoms with Crippen LogP contribution in [0.5, 0.6) is 0 Å². The molecule has 0 aliphatic carbocycles. The molecule has 7 nitrogen and oxygen atoms in total. The normalized spacial score (nSPS) is 18.8. The summed E-state index contributed by atoms with van der Waals surface area (Å²) in [5.41, 5.74) is 6.76. The molecule has 30 heavy (non-hydrogen) atoms. The number of rotatable bonds is 8. The second-order valence-electron chi connectivity index (χ2n) is 8.37. The van der Waals surface area contributed by atoms with Gasteiger partial charge in [-0.3, -0.25) is 4.79 Å². The third kappa shape index (κ3) is 6.71. The second-order valence-corrected chi connectivity index (χ2v) is 8.37. The first-order valence-corrected chi connectivity index (χ1v) is 11.3. The fourth-order valence-corrected chi connectivity index (χ4v) is 4.27. The van der Waals surface area contributed by atoms with E-state index in [4.69, 9.17) is 10.5 Å². The van der Waals surface area contributed by atoms with Gasteiger partial charge in [-0.15, -0.1) is 0 Å². The summed E-state index contributed by atoms with van der Waals surface area (Å²) in [4.78, 5) is 29.0. The van der Waals surface area contributed by atoms with Gasteiger partial charge in [-0.2, -0.15) is 0 Å². The van der Waals surface area contributed by atoms with Gasteiger partial charge in [0.15, 0.2) is 0 Å². The standard InChI is InChI=1S/C23H36N4O3/c24-12-9-20(22(28)26-13-5-2-6-14-26)17-25-21-10-15-27(16-11-21)23(29)30-18-19-7-3-1-4-8-19/h1,3-4,7-8,20-21,25H,2,5-6,9-18,24H2/t20-/m1/s1. The van der Waals surface area contributed by atoms with Gasteiger partial charge in [0.05, 0.1) is 5.92 Å². The van der Waals surface area contributed by atoms with E-state index >= 15 is 0 Å². The summed E-state index contributed by atoms with van der Waals surface area (Å²) in [5, 5.41) is 3.56. The van der Waals surface area contributed by atoms with Gasteiger partial charge in [-0.1, -0.05) is 30.3 Å². The maximum Gasteiger partial charge on any atom is 0.410 e. The van der Waals surface area contributed by atoms with Gasteiger partial charge in [0.25, 0.3) is 0 Å². The third-order valence-electron chi connectivity index (χ3n) is 6.14. The van der Waals surface area contributed by atoms with E-state index in [0.717, 1.165) is 44.3 Å². The number of carbonyl (C=O) groups excluding carboxylic acids is 2. The van der Waals surface area contributed by atoms with Crippen LogP contribution in [0, 0.1) is 5.92 Å². The maximum absolute atomic E-state index is 12.9. The number of hydrogen-bond acceptors (Lipinski definition) is 5. The molecule has 0 bridgehead atoms. The summed E-state index contributed by atoms with van der Waals surface area (Å²) in [7, 11) is 0. The number of amides is 2. The third-order valence-corrected chi connectivity index (χ3v) is 6.14. The zero-order valence-corrected chi connectivity index (χ0v) is 17.9. The highest BCUT2D eigenvalue weighted by Crippen LogP contribution is 2.16. The van der Waals surface area contributed by atoms with Gasteiger partial charge in [-0.05, 0) is 50.6 Å². The van der Waals surface area contributed by atoms with Crippen LogP contribution < -0.4 is 11.1 Å². The number of nitrogens with one attached hydrogen (secondary N) is 1. The van der Waals surface area contributed by atoms with Crippen molar-refractivity contribution in [2.75, 3.05) is 39.3 Å². The monoisotopic (exact) mass is 416 g/mol. The Morgan fingerprint density at radius 3 is 2.40 bits per heavy atom. The second kappa shape index (κ2) is 11.9. The molecule has 0 aromatic heterocycles. The fourth-order valence-electron chi connectivity index (χ4n) is 4.27. The average molecular weight is 417 g/mol. The molecule has 0 saturated carbocycles. The lowest BCUT2D eigenvalue weighted by atomic mass is 9.99. The van der Waals surface area contributed by atoms with Crippen molar-refractivity contribution >= 4 is 12.0 Å². The van der Waals surface area contributed by atoms with E-state index in [2.05, 4.69) is 5.32 Å². The minimum absolute atomic E-state index is 0.0537. The molecule has 2 aliphatic heterocycles. The molecule has 1 atom stereocenters. The summed E-state index contributed by atoms with van der Waals surface area (Å²) in [5.74, 6) is 0.191. The highest BCUT2D eigenvalue weighted by molar-refractivity contribution is 5.79. The average Bonchev–Trinajstić information content (AvgIpc) is 2.81.